The molecule has 0 unspecified atom stereocenters. The van der Waals surface area contributed by atoms with Crippen LogP contribution in [0.5, 0.6) is 0 Å². The largest absolute Gasteiger partial charge is 0.480 e. The van der Waals surface area contributed by atoms with Crippen LogP contribution in [0.4, 0.5) is 4.79 Å². The van der Waals surface area contributed by atoms with E-state index in [2.05, 4.69) is 17.4 Å². The normalized spacial score (nSPS) is 15.4. The van der Waals surface area contributed by atoms with E-state index in [1.54, 1.807) is 0 Å². The van der Waals surface area contributed by atoms with Gasteiger partial charge in [0.15, 0.2) is 0 Å². The molecule has 1 saturated carbocycles. The standard InChI is InChI=1S/C24H26N2O5S/c1-32-13-12-26(14-21(27)28)22(29)24(10-11-24)25-23(30)31-15-20-18-8-4-2-6-16(18)17-7-3-5-9-19(17)20/h2-9,20H,10-15H2,1H3,(H,25,30)(H,27,28). The van der Waals surface area contributed by atoms with Crippen LogP contribution in [0.3, 0.4) is 0 Å². The van der Waals surface area contributed by atoms with Gasteiger partial charge in [0, 0.05) is 18.2 Å². The number of fused-ring (bicyclic) bond motifs is 3. The second kappa shape index (κ2) is 9.24. The van der Waals surface area contributed by atoms with Crippen molar-refractivity contribution in [3.05, 3.63) is 59.7 Å². The Kier molecular flexibility index (Phi) is 6.41. The highest BCUT2D eigenvalue weighted by Crippen LogP contribution is 2.44. The Morgan fingerprint density at radius 1 is 1.09 bits per heavy atom. The maximum absolute atomic E-state index is 13.0. The van der Waals surface area contributed by atoms with Gasteiger partial charge in [0.2, 0.25) is 5.91 Å². The number of nitrogens with zero attached hydrogens (tertiary/aromatic N) is 1. The first-order chi connectivity index (χ1) is 15.4. The lowest BCUT2D eigenvalue weighted by atomic mass is 9.98. The highest BCUT2D eigenvalue weighted by molar-refractivity contribution is 7.98. The summed E-state index contributed by atoms with van der Waals surface area (Å²) in [5, 5.41) is 11.9. The Morgan fingerprint density at radius 3 is 2.22 bits per heavy atom. The number of rotatable bonds is 9. The van der Waals surface area contributed by atoms with Gasteiger partial charge in [-0.25, -0.2) is 4.79 Å². The summed E-state index contributed by atoms with van der Waals surface area (Å²) in [7, 11) is 0. The van der Waals surface area contributed by atoms with Crippen molar-refractivity contribution in [3.63, 3.8) is 0 Å². The fourth-order valence-electron chi connectivity index (χ4n) is 4.27. The summed E-state index contributed by atoms with van der Waals surface area (Å²) < 4.78 is 5.57. The molecule has 2 aliphatic rings. The van der Waals surface area contributed by atoms with Crippen molar-refractivity contribution in [3.8, 4) is 11.1 Å². The van der Waals surface area contributed by atoms with E-state index in [1.807, 2.05) is 42.7 Å². The average molecular weight is 455 g/mol. The Morgan fingerprint density at radius 2 is 1.69 bits per heavy atom. The molecule has 2 N–H and O–H groups in total. The first kappa shape index (κ1) is 22.2. The minimum absolute atomic E-state index is 0.0657. The van der Waals surface area contributed by atoms with Gasteiger partial charge in [-0.3, -0.25) is 9.59 Å². The summed E-state index contributed by atoms with van der Waals surface area (Å²) in [6.45, 7) is 0.101. The van der Waals surface area contributed by atoms with Crippen LogP contribution in [0, 0.1) is 0 Å². The number of hydrogen-bond donors (Lipinski definition) is 2. The quantitative estimate of drug-likeness (QED) is 0.603. The van der Waals surface area contributed by atoms with E-state index in [1.165, 1.54) is 16.7 Å². The van der Waals surface area contributed by atoms with E-state index in [4.69, 9.17) is 9.84 Å². The molecule has 0 aliphatic heterocycles. The summed E-state index contributed by atoms with van der Waals surface area (Å²) in [5.74, 6) is -0.872. The van der Waals surface area contributed by atoms with E-state index < -0.39 is 17.6 Å². The van der Waals surface area contributed by atoms with Gasteiger partial charge in [-0.05, 0) is 41.4 Å². The topological polar surface area (TPSA) is 95.9 Å². The number of carbonyl (C=O) groups excluding carboxylic acids is 2. The number of hydrogen-bond acceptors (Lipinski definition) is 5. The van der Waals surface area contributed by atoms with E-state index in [0.717, 1.165) is 22.3 Å². The summed E-state index contributed by atoms with van der Waals surface area (Å²) in [4.78, 5) is 38.1. The number of carboxylic acids is 1. The fraction of sp³-hybridized carbons (Fsp3) is 0.375. The molecule has 168 valence electrons. The minimum atomic E-state index is -1.07. The predicted octanol–water partition coefficient (Wildman–Crippen LogP) is 3.33. The molecule has 0 bridgehead atoms. The zero-order valence-corrected chi connectivity index (χ0v) is 18.7. The lowest BCUT2D eigenvalue weighted by Crippen LogP contribution is -2.52. The summed E-state index contributed by atoms with van der Waals surface area (Å²) in [6.07, 6.45) is 2.19. The number of amides is 2. The second-order valence-corrected chi connectivity index (χ2v) is 9.13. The van der Waals surface area contributed by atoms with Gasteiger partial charge in [0.25, 0.3) is 0 Å². The first-order valence-electron chi connectivity index (χ1n) is 10.6. The summed E-state index contributed by atoms with van der Waals surface area (Å²) in [6, 6.07) is 16.2. The van der Waals surface area contributed by atoms with Gasteiger partial charge in [-0.2, -0.15) is 11.8 Å². The number of thioether (sulfide) groups is 1. The molecule has 2 aromatic rings. The molecule has 7 nitrogen and oxygen atoms in total. The van der Waals surface area contributed by atoms with E-state index >= 15 is 0 Å². The third kappa shape index (κ3) is 4.46. The Hall–Kier alpha value is -3.00. The van der Waals surface area contributed by atoms with Gasteiger partial charge in [0.05, 0.1) is 0 Å². The van der Waals surface area contributed by atoms with Crippen molar-refractivity contribution in [2.75, 3.05) is 31.7 Å². The van der Waals surface area contributed by atoms with Crippen LogP contribution in [-0.4, -0.2) is 65.2 Å². The molecule has 1 fully saturated rings. The third-order valence-corrected chi connectivity index (χ3v) is 6.61. The van der Waals surface area contributed by atoms with Crippen LogP contribution in [-0.2, 0) is 14.3 Å². The number of carboxylic acid groups (broad SMARTS) is 1. The smallest absolute Gasteiger partial charge is 0.408 e. The highest BCUT2D eigenvalue weighted by Gasteiger charge is 2.53. The van der Waals surface area contributed by atoms with Crippen LogP contribution >= 0.6 is 11.8 Å². The van der Waals surface area contributed by atoms with Gasteiger partial charge in [-0.15, -0.1) is 0 Å². The number of carbonyl (C=O) groups is 3. The van der Waals surface area contributed by atoms with Gasteiger partial charge in [-0.1, -0.05) is 48.5 Å². The monoisotopic (exact) mass is 454 g/mol. The van der Waals surface area contributed by atoms with Gasteiger partial charge >= 0.3 is 12.1 Å². The molecule has 8 heteroatoms. The minimum Gasteiger partial charge on any atom is -0.480 e. The Bertz CT molecular complexity index is 991. The Balaban J connectivity index is 1.41. The molecule has 0 spiro atoms. The molecule has 4 rings (SSSR count). The van der Waals surface area contributed by atoms with Gasteiger partial charge in [0.1, 0.15) is 18.7 Å². The van der Waals surface area contributed by atoms with Crippen molar-refractivity contribution in [1.29, 1.82) is 0 Å². The van der Waals surface area contributed by atoms with Crippen molar-refractivity contribution in [1.82, 2.24) is 10.2 Å². The summed E-state index contributed by atoms with van der Waals surface area (Å²) in [5.41, 5.74) is 3.45. The van der Waals surface area contributed by atoms with E-state index in [9.17, 15) is 14.4 Å². The van der Waals surface area contributed by atoms with Crippen molar-refractivity contribution < 1.29 is 24.2 Å². The number of benzene rings is 2. The maximum Gasteiger partial charge on any atom is 0.408 e. The molecule has 0 atom stereocenters. The van der Waals surface area contributed by atoms with Crippen molar-refractivity contribution >= 4 is 29.7 Å². The molecular weight excluding hydrogens is 428 g/mol. The van der Waals surface area contributed by atoms with Gasteiger partial charge < -0.3 is 20.1 Å². The SMILES string of the molecule is CSCCN(CC(=O)O)C(=O)C1(NC(=O)OCC2c3ccccc3-c3ccccc32)CC1. The molecule has 32 heavy (non-hydrogen) atoms. The number of alkyl carbamates (subject to hydrolysis) is 1. The number of aliphatic carboxylic acids is 1. The molecular formula is C24H26N2O5S. The average Bonchev–Trinajstić information content (AvgIpc) is 3.50. The van der Waals surface area contributed by atoms with Crippen LogP contribution in [0.15, 0.2) is 48.5 Å². The molecule has 0 radical (unpaired) electrons. The zero-order chi connectivity index (χ0) is 22.7. The highest BCUT2D eigenvalue weighted by atomic mass is 32.2. The summed E-state index contributed by atoms with van der Waals surface area (Å²) >= 11 is 1.53. The second-order valence-electron chi connectivity index (χ2n) is 8.15. The lowest BCUT2D eigenvalue weighted by Gasteiger charge is -2.26. The molecule has 2 aliphatic carbocycles. The lowest BCUT2D eigenvalue weighted by molar-refractivity contribution is -0.145. The Labute approximate surface area is 191 Å². The van der Waals surface area contributed by atoms with Crippen LogP contribution in [0.2, 0.25) is 0 Å². The molecule has 0 aromatic heterocycles. The molecule has 0 saturated heterocycles. The van der Waals surface area contributed by atoms with E-state index in [0.29, 0.717) is 25.1 Å². The van der Waals surface area contributed by atoms with Crippen LogP contribution in [0.25, 0.3) is 11.1 Å². The fourth-order valence-corrected chi connectivity index (χ4v) is 4.67. The molecule has 2 amide bonds. The van der Waals surface area contributed by atoms with Crippen LogP contribution < -0.4 is 5.32 Å². The number of nitrogens with one attached hydrogen (secondary N) is 1. The van der Waals surface area contributed by atoms with Crippen molar-refractivity contribution in [2.24, 2.45) is 0 Å². The number of ether oxygens (including phenoxy) is 1. The maximum atomic E-state index is 13.0. The molecule has 2 aromatic carbocycles. The van der Waals surface area contributed by atoms with E-state index in [-0.39, 0.29) is 25.0 Å². The third-order valence-electron chi connectivity index (χ3n) is 6.02. The van der Waals surface area contributed by atoms with Crippen LogP contribution in [0.1, 0.15) is 29.9 Å². The zero-order valence-electron chi connectivity index (χ0n) is 17.9. The molecule has 0 heterocycles. The van der Waals surface area contributed by atoms with Crippen molar-refractivity contribution in [2.45, 2.75) is 24.3 Å². The predicted molar refractivity (Wildman–Crippen MR) is 123 cm³/mol. The first-order valence-corrected chi connectivity index (χ1v) is 12.0.